The first-order chi connectivity index (χ1) is 15.0. The second kappa shape index (κ2) is 8.49. The summed E-state index contributed by atoms with van der Waals surface area (Å²) in [5.41, 5.74) is 0.676. The second-order valence-corrected chi connectivity index (χ2v) is 7.00. The van der Waals surface area contributed by atoms with Crippen LogP contribution in [0.3, 0.4) is 0 Å². The van der Waals surface area contributed by atoms with E-state index in [-0.39, 0.29) is 11.3 Å². The molecular weight excluding hydrogens is 418 g/mol. The van der Waals surface area contributed by atoms with E-state index in [0.29, 0.717) is 38.7 Å². The molecule has 0 aliphatic rings. The fourth-order valence-corrected chi connectivity index (χ4v) is 3.48. The van der Waals surface area contributed by atoms with Crippen molar-refractivity contribution in [2.75, 3.05) is 19.5 Å². The van der Waals surface area contributed by atoms with Crippen molar-refractivity contribution in [3.8, 4) is 17.2 Å². The van der Waals surface area contributed by atoms with Gasteiger partial charge in [0.15, 0.2) is 5.69 Å². The summed E-state index contributed by atoms with van der Waals surface area (Å²) in [5.74, 6) is 0.272. The normalized spacial score (nSPS) is 10.7. The Hall–Kier alpha value is -3.84. The fourth-order valence-electron chi connectivity index (χ4n) is 3.24. The number of rotatable bonds is 5. The molecule has 7 nitrogen and oxygen atoms in total. The predicted molar refractivity (Wildman–Crippen MR) is 120 cm³/mol. The maximum Gasteiger partial charge on any atom is 0.279 e. The largest absolute Gasteiger partial charge is 0.495 e. The van der Waals surface area contributed by atoms with Gasteiger partial charge in [-0.15, -0.1) is 0 Å². The minimum absolute atomic E-state index is 0.0908. The molecule has 1 aromatic heterocycles. The quantitative estimate of drug-likeness (QED) is 0.505. The average Bonchev–Trinajstić information content (AvgIpc) is 2.80. The zero-order chi connectivity index (χ0) is 22.0. The van der Waals surface area contributed by atoms with Crippen LogP contribution >= 0.6 is 11.6 Å². The highest BCUT2D eigenvalue weighted by Gasteiger charge is 2.20. The lowest BCUT2D eigenvalue weighted by Gasteiger charge is -2.14. The zero-order valence-corrected chi connectivity index (χ0v) is 17.5. The lowest BCUT2D eigenvalue weighted by atomic mass is 10.1. The Labute approximate surface area is 182 Å². The van der Waals surface area contributed by atoms with Crippen LogP contribution < -0.4 is 20.3 Å². The molecule has 1 amide bonds. The van der Waals surface area contributed by atoms with Crippen molar-refractivity contribution in [1.29, 1.82) is 0 Å². The summed E-state index contributed by atoms with van der Waals surface area (Å²) in [7, 11) is 2.96. The summed E-state index contributed by atoms with van der Waals surface area (Å²) in [6.45, 7) is 0. The van der Waals surface area contributed by atoms with Crippen molar-refractivity contribution in [3.05, 3.63) is 87.8 Å². The Kier molecular flexibility index (Phi) is 5.60. The van der Waals surface area contributed by atoms with Gasteiger partial charge in [-0.2, -0.15) is 9.78 Å². The van der Waals surface area contributed by atoms with E-state index >= 15 is 0 Å². The molecular formula is C23H18ClN3O4. The van der Waals surface area contributed by atoms with E-state index in [1.54, 1.807) is 54.6 Å². The van der Waals surface area contributed by atoms with Crippen molar-refractivity contribution >= 4 is 34.0 Å². The van der Waals surface area contributed by atoms with Gasteiger partial charge in [-0.05, 0) is 24.3 Å². The van der Waals surface area contributed by atoms with Gasteiger partial charge in [0.05, 0.1) is 36.0 Å². The number of ether oxygens (including phenoxy) is 2. The third kappa shape index (κ3) is 3.83. The smallest absolute Gasteiger partial charge is 0.279 e. The minimum Gasteiger partial charge on any atom is -0.495 e. The van der Waals surface area contributed by atoms with Crippen LogP contribution in [0.4, 0.5) is 5.69 Å². The van der Waals surface area contributed by atoms with Crippen molar-refractivity contribution in [1.82, 2.24) is 9.78 Å². The number of methoxy groups -OCH3 is 2. The van der Waals surface area contributed by atoms with Crippen LogP contribution in [0.2, 0.25) is 5.02 Å². The van der Waals surface area contributed by atoms with Gasteiger partial charge in [-0.1, -0.05) is 48.0 Å². The molecule has 1 heterocycles. The monoisotopic (exact) mass is 435 g/mol. The zero-order valence-electron chi connectivity index (χ0n) is 16.8. The second-order valence-electron chi connectivity index (χ2n) is 6.59. The molecule has 0 bridgehead atoms. The number of anilines is 1. The Morgan fingerprint density at radius 3 is 2.26 bits per heavy atom. The summed E-state index contributed by atoms with van der Waals surface area (Å²) in [4.78, 5) is 26.2. The maximum atomic E-state index is 13.2. The molecule has 0 atom stereocenters. The van der Waals surface area contributed by atoms with Crippen molar-refractivity contribution in [2.45, 2.75) is 0 Å². The third-order valence-corrected chi connectivity index (χ3v) is 5.04. The first-order valence-corrected chi connectivity index (χ1v) is 9.71. The Morgan fingerprint density at radius 1 is 0.935 bits per heavy atom. The van der Waals surface area contributed by atoms with E-state index in [1.807, 2.05) is 6.07 Å². The van der Waals surface area contributed by atoms with Crippen molar-refractivity contribution < 1.29 is 14.3 Å². The van der Waals surface area contributed by atoms with Crippen molar-refractivity contribution in [2.24, 2.45) is 0 Å². The molecule has 0 radical (unpaired) electrons. The Bertz CT molecular complexity index is 1340. The number of hydrogen-bond acceptors (Lipinski definition) is 5. The van der Waals surface area contributed by atoms with Crippen LogP contribution in [0.1, 0.15) is 10.5 Å². The van der Waals surface area contributed by atoms with Crippen LogP contribution in [0.5, 0.6) is 11.5 Å². The maximum absolute atomic E-state index is 13.2. The summed E-state index contributed by atoms with van der Waals surface area (Å²) in [5, 5.41) is 8.28. The van der Waals surface area contributed by atoms with Gasteiger partial charge in [-0.3, -0.25) is 9.59 Å². The molecule has 0 saturated carbocycles. The average molecular weight is 436 g/mol. The van der Waals surface area contributed by atoms with Gasteiger partial charge in [0.1, 0.15) is 11.5 Å². The topological polar surface area (TPSA) is 82.4 Å². The third-order valence-electron chi connectivity index (χ3n) is 4.74. The number of aromatic nitrogens is 2. The highest BCUT2D eigenvalue weighted by atomic mass is 35.5. The number of benzene rings is 3. The SMILES string of the molecule is COc1cc(OC)c(NC(=O)c2nn(-c3ccccc3)c(=O)c3ccccc23)cc1Cl. The highest BCUT2D eigenvalue weighted by Crippen LogP contribution is 2.36. The number of amides is 1. The number of para-hydroxylation sites is 1. The van der Waals surface area contributed by atoms with E-state index in [0.717, 1.165) is 0 Å². The van der Waals surface area contributed by atoms with Crippen LogP contribution in [-0.4, -0.2) is 29.9 Å². The predicted octanol–water partition coefficient (Wildman–Crippen LogP) is 4.31. The van der Waals surface area contributed by atoms with Crippen LogP contribution in [0, 0.1) is 0 Å². The summed E-state index contributed by atoms with van der Waals surface area (Å²) < 4.78 is 11.8. The number of carbonyl (C=O) groups excluding carboxylic acids is 1. The minimum atomic E-state index is -0.514. The molecule has 156 valence electrons. The lowest BCUT2D eigenvalue weighted by molar-refractivity contribution is 0.102. The van der Waals surface area contributed by atoms with Crippen molar-refractivity contribution in [3.63, 3.8) is 0 Å². The van der Waals surface area contributed by atoms with Gasteiger partial charge in [0.25, 0.3) is 11.5 Å². The lowest BCUT2D eigenvalue weighted by Crippen LogP contribution is -2.26. The van der Waals surface area contributed by atoms with Gasteiger partial charge in [0.2, 0.25) is 0 Å². The molecule has 1 N–H and O–H groups in total. The highest BCUT2D eigenvalue weighted by molar-refractivity contribution is 6.32. The molecule has 0 spiro atoms. The number of carbonyl (C=O) groups is 1. The number of nitrogens with zero attached hydrogens (tertiary/aromatic N) is 2. The van der Waals surface area contributed by atoms with E-state index in [2.05, 4.69) is 10.4 Å². The van der Waals surface area contributed by atoms with E-state index in [4.69, 9.17) is 21.1 Å². The van der Waals surface area contributed by atoms with Gasteiger partial charge in [-0.25, -0.2) is 0 Å². The number of nitrogens with one attached hydrogen (secondary N) is 1. The Morgan fingerprint density at radius 2 is 1.58 bits per heavy atom. The first kappa shape index (κ1) is 20.4. The standard InChI is InChI=1S/C23H18ClN3O4/c1-30-19-13-20(31-2)18(12-17(19)24)25-22(28)21-15-10-6-7-11-16(15)23(29)27(26-21)14-8-4-3-5-9-14/h3-13H,1-2H3,(H,25,28). The summed E-state index contributed by atoms with van der Waals surface area (Å²) in [6, 6.07) is 18.9. The van der Waals surface area contributed by atoms with Gasteiger partial charge < -0.3 is 14.8 Å². The van der Waals surface area contributed by atoms with Crippen LogP contribution in [-0.2, 0) is 0 Å². The molecule has 4 rings (SSSR count). The molecule has 3 aromatic carbocycles. The molecule has 31 heavy (non-hydrogen) atoms. The number of hydrogen-bond donors (Lipinski definition) is 1. The number of fused-ring (bicyclic) bond motifs is 1. The summed E-state index contributed by atoms with van der Waals surface area (Å²) in [6.07, 6.45) is 0. The molecule has 0 fully saturated rings. The first-order valence-electron chi connectivity index (χ1n) is 9.34. The summed E-state index contributed by atoms with van der Waals surface area (Å²) >= 11 is 6.22. The molecule has 8 heteroatoms. The molecule has 0 unspecified atom stereocenters. The Balaban J connectivity index is 1.85. The number of halogens is 1. The van der Waals surface area contributed by atoms with E-state index in [1.165, 1.54) is 25.0 Å². The fraction of sp³-hybridized carbons (Fsp3) is 0.0870. The van der Waals surface area contributed by atoms with Crippen LogP contribution in [0.15, 0.2) is 71.5 Å². The molecule has 0 aliphatic heterocycles. The van der Waals surface area contributed by atoms with Gasteiger partial charge >= 0.3 is 0 Å². The molecule has 4 aromatic rings. The van der Waals surface area contributed by atoms with E-state index in [9.17, 15) is 9.59 Å². The molecule has 0 aliphatic carbocycles. The van der Waals surface area contributed by atoms with E-state index < -0.39 is 5.91 Å². The van der Waals surface area contributed by atoms with Crippen LogP contribution in [0.25, 0.3) is 16.5 Å². The van der Waals surface area contributed by atoms with Gasteiger partial charge in [0, 0.05) is 11.5 Å². The molecule has 0 saturated heterocycles.